The molecule has 7 heteroatoms. The second-order valence-corrected chi connectivity index (χ2v) is 9.33. The Bertz CT molecular complexity index is 1310. The van der Waals surface area contributed by atoms with Gasteiger partial charge in [-0.15, -0.1) is 11.3 Å². The van der Waals surface area contributed by atoms with Gasteiger partial charge in [0.1, 0.15) is 33.0 Å². The SMILES string of the molecule is Cc1nn(-c2cccc(F)c2)c2sc(C(=O)O[C@@H]3CC(C)(C)Oc4ccccc43)cc12. The molecule has 0 amide bonds. The van der Waals surface area contributed by atoms with Crippen molar-refractivity contribution in [3.05, 3.63) is 76.5 Å². The number of esters is 1. The number of aromatic nitrogens is 2. The minimum absolute atomic E-state index is 0.337. The van der Waals surface area contributed by atoms with Crippen molar-refractivity contribution in [3.8, 4) is 11.4 Å². The van der Waals surface area contributed by atoms with Crippen molar-refractivity contribution in [1.82, 2.24) is 9.78 Å². The van der Waals surface area contributed by atoms with Crippen LogP contribution in [0.3, 0.4) is 0 Å². The van der Waals surface area contributed by atoms with Crippen LogP contribution in [0.4, 0.5) is 4.39 Å². The molecule has 2 aromatic carbocycles. The Hall–Kier alpha value is -3.19. The molecule has 0 unspecified atom stereocenters. The Morgan fingerprint density at radius 2 is 2.03 bits per heavy atom. The van der Waals surface area contributed by atoms with Crippen LogP contribution in [0.15, 0.2) is 54.6 Å². The number of carbonyl (C=O) groups is 1. The number of aryl methyl sites for hydroxylation is 1. The smallest absolute Gasteiger partial charge is 0.349 e. The largest absolute Gasteiger partial charge is 0.487 e. The molecule has 31 heavy (non-hydrogen) atoms. The minimum Gasteiger partial charge on any atom is -0.487 e. The number of para-hydroxylation sites is 1. The van der Waals surface area contributed by atoms with E-state index in [4.69, 9.17) is 9.47 Å². The summed E-state index contributed by atoms with van der Waals surface area (Å²) in [6.07, 6.45) is 0.176. The topological polar surface area (TPSA) is 53.4 Å². The van der Waals surface area contributed by atoms with Gasteiger partial charge < -0.3 is 9.47 Å². The summed E-state index contributed by atoms with van der Waals surface area (Å²) in [4.78, 5) is 14.3. The molecule has 0 radical (unpaired) electrons. The van der Waals surface area contributed by atoms with Crippen LogP contribution in [-0.4, -0.2) is 21.4 Å². The molecule has 1 atom stereocenters. The highest BCUT2D eigenvalue weighted by Gasteiger charge is 2.36. The van der Waals surface area contributed by atoms with Crippen LogP contribution in [0.25, 0.3) is 15.9 Å². The van der Waals surface area contributed by atoms with Crippen LogP contribution in [0.5, 0.6) is 5.75 Å². The van der Waals surface area contributed by atoms with Crippen LogP contribution in [0.1, 0.15) is 47.3 Å². The summed E-state index contributed by atoms with van der Waals surface area (Å²) in [5, 5.41) is 5.37. The predicted octanol–water partition coefficient (Wildman–Crippen LogP) is 5.99. The Morgan fingerprint density at radius 1 is 1.23 bits per heavy atom. The van der Waals surface area contributed by atoms with E-state index in [1.807, 2.05) is 45.0 Å². The van der Waals surface area contributed by atoms with Crippen LogP contribution >= 0.6 is 11.3 Å². The molecule has 158 valence electrons. The number of carbonyl (C=O) groups excluding carboxylic acids is 1. The molecule has 0 saturated carbocycles. The number of fused-ring (bicyclic) bond motifs is 2. The Kier molecular flexibility index (Phi) is 4.59. The Morgan fingerprint density at radius 3 is 2.84 bits per heavy atom. The monoisotopic (exact) mass is 436 g/mol. The normalized spacial score (nSPS) is 17.2. The molecule has 1 aliphatic rings. The third-order valence-electron chi connectivity index (χ3n) is 5.38. The van der Waals surface area contributed by atoms with Gasteiger partial charge in [-0.1, -0.05) is 24.3 Å². The van der Waals surface area contributed by atoms with Crippen molar-refractivity contribution in [2.24, 2.45) is 0 Å². The average molecular weight is 437 g/mol. The van der Waals surface area contributed by atoms with Gasteiger partial charge >= 0.3 is 5.97 Å². The zero-order chi connectivity index (χ0) is 21.8. The van der Waals surface area contributed by atoms with Crippen LogP contribution < -0.4 is 4.74 Å². The fraction of sp³-hybridized carbons (Fsp3) is 0.250. The molecule has 4 aromatic rings. The summed E-state index contributed by atoms with van der Waals surface area (Å²) in [7, 11) is 0. The summed E-state index contributed by atoms with van der Waals surface area (Å²) in [6.45, 7) is 5.84. The number of hydrogen-bond donors (Lipinski definition) is 0. The lowest BCUT2D eigenvalue weighted by atomic mass is 9.91. The quantitative estimate of drug-likeness (QED) is 0.370. The van der Waals surface area contributed by atoms with Crippen LogP contribution in [0, 0.1) is 12.7 Å². The molecule has 0 spiro atoms. The second kappa shape index (κ2) is 7.20. The number of thiophene rings is 1. The van der Waals surface area contributed by atoms with E-state index in [1.54, 1.807) is 22.9 Å². The van der Waals surface area contributed by atoms with E-state index in [0.717, 1.165) is 27.2 Å². The Balaban J connectivity index is 1.48. The molecule has 0 N–H and O–H groups in total. The van der Waals surface area contributed by atoms with Gasteiger partial charge in [-0.05, 0) is 51.1 Å². The van der Waals surface area contributed by atoms with Crippen molar-refractivity contribution >= 4 is 27.5 Å². The number of ether oxygens (including phenoxy) is 2. The van der Waals surface area contributed by atoms with E-state index >= 15 is 0 Å². The van der Waals surface area contributed by atoms with E-state index in [9.17, 15) is 9.18 Å². The minimum atomic E-state index is -0.437. The molecule has 0 fully saturated rings. The molecule has 0 bridgehead atoms. The summed E-state index contributed by atoms with van der Waals surface area (Å²) >= 11 is 1.30. The van der Waals surface area contributed by atoms with Crippen molar-refractivity contribution < 1.29 is 18.7 Å². The fourth-order valence-electron chi connectivity index (χ4n) is 3.96. The first-order chi connectivity index (χ1) is 14.8. The summed E-state index contributed by atoms with van der Waals surface area (Å²) in [5.41, 5.74) is 1.82. The molecule has 0 saturated heterocycles. The molecule has 1 aliphatic heterocycles. The molecule has 5 nitrogen and oxygen atoms in total. The molecule has 2 aromatic heterocycles. The number of hydrogen-bond acceptors (Lipinski definition) is 5. The third-order valence-corrected chi connectivity index (χ3v) is 6.47. The highest BCUT2D eigenvalue weighted by atomic mass is 32.1. The average Bonchev–Trinajstić information content (AvgIpc) is 3.28. The number of nitrogens with zero attached hydrogens (tertiary/aromatic N) is 2. The first-order valence-corrected chi connectivity index (χ1v) is 10.9. The zero-order valence-corrected chi connectivity index (χ0v) is 18.2. The van der Waals surface area contributed by atoms with E-state index < -0.39 is 11.7 Å². The maximum atomic E-state index is 13.7. The fourth-order valence-corrected chi connectivity index (χ4v) is 5.02. The van der Waals surface area contributed by atoms with Crippen molar-refractivity contribution in [1.29, 1.82) is 0 Å². The molecule has 0 aliphatic carbocycles. The summed E-state index contributed by atoms with van der Waals surface area (Å²) in [5.74, 6) is 0.0187. The predicted molar refractivity (Wildman–Crippen MR) is 118 cm³/mol. The first kappa shape index (κ1) is 19.8. The maximum Gasteiger partial charge on any atom is 0.349 e. The third kappa shape index (κ3) is 3.59. The number of rotatable bonds is 3. The molecular weight excluding hydrogens is 415 g/mol. The van der Waals surface area contributed by atoms with E-state index in [-0.39, 0.29) is 11.8 Å². The van der Waals surface area contributed by atoms with E-state index in [2.05, 4.69) is 5.10 Å². The summed E-state index contributed by atoms with van der Waals surface area (Å²) in [6, 6.07) is 15.7. The molecular formula is C24H21FN2O3S. The van der Waals surface area contributed by atoms with E-state index in [0.29, 0.717) is 17.0 Å². The van der Waals surface area contributed by atoms with Crippen molar-refractivity contribution in [2.75, 3.05) is 0 Å². The van der Waals surface area contributed by atoms with Gasteiger partial charge in [-0.25, -0.2) is 13.9 Å². The van der Waals surface area contributed by atoms with Gasteiger partial charge in [0, 0.05) is 17.4 Å². The highest BCUT2D eigenvalue weighted by Crippen LogP contribution is 2.42. The maximum absolute atomic E-state index is 13.7. The first-order valence-electron chi connectivity index (χ1n) is 10.0. The lowest BCUT2D eigenvalue weighted by Gasteiger charge is -2.37. The Labute approximate surface area is 183 Å². The van der Waals surface area contributed by atoms with Crippen molar-refractivity contribution in [3.63, 3.8) is 0 Å². The van der Waals surface area contributed by atoms with Gasteiger partial charge in [-0.2, -0.15) is 5.10 Å². The van der Waals surface area contributed by atoms with Crippen LogP contribution in [0.2, 0.25) is 0 Å². The molecule has 5 rings (SSSR count). The number of halogens is 1. The van der Waals surface area contributed by atoms with E-state index in [1.165, 1.54) is 23.5 Å². The van der Waals surface area contributed by atoms with Gasteiger partial charge in [0.15, 0.2) is 0 Å². The zero-order valence-electron chi connectivity index (χ0n) is 17.4. The summed E-state index contributed by atoms with van der Waals surface area (Å²) < 4.78 is 27.4. The van der Waals surface area contributed by atoms with Gasteiger partial charge in [0.05, 0.1) is 11.4 Å². The second-order valence-electron chi connectivity index (χ2n) is 8.30. The number of benzene rings is 2. The van der Waals surface area contributed by atoms with Gasteiger partial charge in [0.25, 0.3) is 0 Å². The van der Waals surface area contributed by atoms with Gasteiger partial charge in [0.2, 0.25) is 0 Å². The van der Waals surface area contributed by atoms with Crippen LogP contribution in [-0.2, 0) is 4.74 Å². The van der Waals surface area contributed by atoms with Crippen molar-refractivity contribution in [2.45, 2.75) is 38.9 Å². The standard InChI is InChI=1S/C24H21FN2O3S/c1-14-18-12-21(31-22(18)27(26-14)16-8-6-7-15(25)11-16)23(28)29-20-13-24(2,3)30-19-10-5-4-9-17(19)20/h4-12,20H,13H2,1-3H3/t20-/m1/s1. The highest BCUT2D eigenvalue weighted by molar-refractivity contribution is 7.20. The lowest BCUT2D eigenvalue weighted by molar-refractivity contribution is -0.0158. The lowest BCUT2D eigenvalue weighted by Crippen LogP contribution is -2.36. The van der Waals surface area contributed by atoms with Gasteiger partial charge in [-0.3, -0.25) is 0 Å². The molecule has 3 heterocycles.